The first-order chi connectivity index (χ1) is 13.0. The number of rotatable bonds is 6. The molecule has 6 nitrogen and oxygen atoms in total. The third-order valence-corrected chi connectivity index (χ3v) is 5.48. The summed E-state index contributed by atoms with van der Waals surface area (Å²) >= 11 is 1.79. The van der Waals surface area contributed by atoms with Gasteiger partial charge in [0, 0.05) is 10.9 Å². The second-order valence-corrected chi connectivity index (χ2v) is 7.48. The Bertz CT molecular complexity index is 861. The van der Waals surface area contributed by atoms with Crippen molar-refractivity contribution in [3.8, 4) is 0 Å². The van der Waals surface area contributed by atoms with Crippen LogP contribution in [0.3, 0.4) is 0 Å². The lowest BCUT2D eigenvalue weighted by Crippen LogP contribution is -2.07. The predicted octanol–water partition coefficient (Wildman–Crippen LogP) is 4.51. The van der Waals surface area contributed by atoms with E-state index in [9.17, 15) is 4.79 Å². The van der Waals surface area contributed by atoms with Gasteiger partial charge >= 0.3 is 5.97 Å². The fourth-order valence-electron chi connectivity index (χ4n) is 2.52. The molecule has 140 valence electrons. The van der Waals surface area contributed by atoms with Crippen LogP contribution in [0, 0.1) is 0 Å². The Morgan fingerprint density at radius 1 is 1.15 bits per heavy atom. The molecular formula is C20H22N4O2S. The van der Waals surface area contributed by atoms with E-state index in [2.05, 4.69) is 27.8 Å². The predicted molar refractivity (Wildman–Crippen MR) is 113 cm³/mol. The summed E-state index contributed by atoms with van der Waals surface area (Å²) in [6, 6.07) is 14.5. The number of aliphatic imine (C=N–C) groups is 1. The number of nitrogens with one attached hydrogen (secondary N) is 2. The minimum atomic E-state index is -0.942. The second kappa shape index (κ2) is 8.73. The summed E-state index contributed by atoms with van der Waals surface area (Å²) in [5, 5.41) is 18.2. The van der Waals surface area contributed by atoms with Gasteiger partial charge in [-0.1, -0.05) is 30.8 Å². The monoisotopic (exact) mass is 382 g/mol. The molecule has 0 fully saturated rings. The minimum Gasteiger partial charge on any atom is -0.478 e. The molecular weight excluding hydrogens is 360 g/mol. The third kappa shape index (κ3) is 5.10. The highest BCUT2D eigenvalue weighted by atomic mass is 32.2. The molecule has 0 aliphatic carbocycles. The van der Waals surface area contributed by atoms with Gasteiger partial charge in [0.05, 0.1) is 23.5 Å². The first-order valence-corrected chi connectivity index (χ1v) is 9.65. The van der Waals surface area contributed by atoms with Crippen molar-refractivity contribution in [3.05, 3.63) is 59.7 Å². The van der Waals surface area contributed by atoms with Gasteiger partial charge < -0.3 is 10.4 Å². The van der Waals surface area contributed by atoms with Gasteiger partial charge in [0.2, 0.25) is 0 Å². The van der Waals surface area contributed by atoms with Gasteiger partial charge in [-0.05, 0) is 55.3 Å². The van der Waals surface area contributed by atoms with E-state index in [-0.39, 0.29) is 5.56 Å². The molecule has 0 spiro atoms. The summed E-state index contributed by atoms with van der Waals surface area (Å²) in [7, 11) is 0. The van der Waals surface area contributed by atoms with Crippen molar-refractivity contribution in [3.63, 3.8) is 0 Å². The number of hydrogen-bond donors (Lipinski definition) is 3. The van der Waals surface area contributed by atoms with Crippen LogP contribution < -0.4 is 10.7 Å². The van der Waals surface area contributed by atoms with E-state index in [4.69, 9.17) is 5.11 Å². The van der Waals surface area contributed by atoms with Crippen LogP contribution in [0.5, 0.6) is 0 Å². The molecule has 0 radical (unpaired) electrons. The number of hydrogen-bond acceptors (Lipinski definition) is 6. The van der Waals surface area contributed by atoms with Crippen LogP contribution >= 0.6 is 11.8 Å². The molecule has 1 atom stereocenters. The molecule has 0 saturated heterocycles. The number of carbonyl (C=O) groups is 1. The Kier molecular flexibility index (Phi) is 6.13. The van der Waals surface area contributed by atoms with Gasteiger partial charge in [0.25, 0.3) is 0 Å². The molecule has 2 aromatic rings. The molecule has 7 heteroatoms. The first kappa shape index (κ1) is 19.0. The molecule has 1 aliphatic heterocycles. The Morgan fingerprint density at radius 2 is 1.78 bits per heavy atom. The van der Waals surface area contributed by atoms with Gasteiger partial charge in [-0.3, -0.25) is 10.4 Å². The number of amidine groups is 1. The van der Waals surface area contributed by atoms with E-state index in [0.717, 1.165) is 40.8 Å². The quantitative estimate of drug-likeness (QED) is 0.505. The van der Waals surface area contributed by atoms with Crippen LogP contribution in [-0.2, 0) is 0 Å². The van der Waals surface area contributed by atoms with Crippen molar-refractivity contribution >= 4 is 40.0 Å². The third-order valence-electron chi connectivity index (χ3n) is 4.21. The topological polar surface area (TPSA) is 86.1 Å². The molecule has 3 rings (SSSR count). The summed E-state index contributed by atoms with van der Waals surface area (Å²) in [5.41, 5.74) is 6.78. The van der Waals surface area contributed by atoms with Gasteiger partial charge in [-0.15, -0.1) is 0 Å². The Hall–Kier alpha value is -2.80. The van der Waals surface area contributed by atoms with Crippen LogP contribution in [0.25, 0.3) is 0 Å². The van der Waals surface area contributed by atoms with Crippen molar-refractivity contribution in [2.75, 3.05) is 17.3 Å². The molecule has 2 aromatic carbocycles. The molecule has 3 N–H and O–H groups in total. The normalized spacial score (nSPS) is 16.7. The number of carboxylic acid groups (broad SMARTS) is 1. The number of anilines is 2. The zero-order chi connectivity index (χ0) is 19.2. The van der Waals surface area contributed by atoms with E-state index in [1.807, 2.05) is 31.2 Å². The Morgan fingerprint density at radius 3 is 2.37 bits per heavy atom. The van der Waals surface area contributed by atoms with Crippen molar-refractivity contribution in [1.82, 2.24) is 0 Å². The zero-order valence-corrected chi connectivity index (χ0v) is 16.1. The van der Waals surface area contributed by atoms with Gasteiger partial charge in [-0.2, -0.15) is 5.10 Å². The first-order valence-electron chi connectivity index (χ1n) is 8.77. The van der Waals surface area contributed by atoms with Crippen molar-refractivity contribution < 1.29 is 9.90 Å². The van der Waals surface area contributed by atoms with E-state index in [0.29, 0.717) is 5.25 Å². The van der Waals surface area contributed by atoms with Crippen LogP contribution in [0.15, 0.2) is 58.6 Å². The average molecular weight is 382 g/mol. The summed E-state index contributed by atoms with van der Waals surface area (Å²) in [4.78, 5) is 15.4. The molecule has 0 amide bonds. The molecule has 0 unspecified atom stereocenters. The highest BCUT2D eigenvalue weighted by molar-refractivity contribution is 8.15. The Balaban J connectivity index is 1.59. The maximum absolute atomic E-state index is 10.9. The standard InChI is InChI=1S/C20H22N4O2S/c1-3-18-12-21-20(27-18)22-16-8-4-14(5-9-16)13(2)23-24-17-10-6-15(7-11-17)19(25)26/h4-11,18,24H,3,12H2,1-2H3,(H,21,22)(H,25,26)/b23-13-/t18-/m1/s1. The summed E-state index contributed by atoms with van der Waals surface area (Å²) < 4.78 is 0. The van der Waals surface area contributed by atoms with Crippen molar-refractivity contribution in [2.24, 2.45) is 10.1 Å². The van der Waals surface area contributed by atoms with Gasteiger partial charge in [0.15, 0.2) is 5.17 Å². The summed E-state index contributed by atoms with van der Waals surface area (Å²) in [6.07, 6.45) is 1.12. The SMILES string of the molecule is CC[C@@H]1CN=C(Nc2ccc(/C(C)=N\Nc3ccc(C(=O)O)cc3)cc2)S1. The van der Waals surface area contributed by atoms with E-state index in [1.165, 1.54) is 0 Å². The van der Waals surface area contributed by atoms with Gasteiger partial charge in [-0.25, -0.2) is 4.79 Å². The van der Waals surface area contributed by atoms with E-state index >= 15 is 0 Å². The molecule has 0 saturated carbocycles. The summed E-state index contributed by atoms with van der Waals surface area (Å²) in [6.45, 7) is 4.98. The number of nitrogens with zero attached hydrogens (tertiary/aromatic N) is 2. The maximum atomic E-state index is 10.9. The maximum Gasteiger partial charge on any atom is 0.335 e. The molecule has 1 heterocycles. The second-order valence-electron chi connectivity index (χ2n) is 6.19. The number of thioether (sulfide) groups is 1. The fourth-order valence-corrected chi connectivity index (χ4v) is 3.47. The zero-order valence-electron chi connectivity index (χ0n) is 15.3. The minimum absolute atomic E-state index is 0.250. The van der Waals surface area contributed by atoms with Gasteiger partial charge in [0.1, 0.15) is 0 Å². The molecule has 27 heavy (non-hydrogen) atoms. The smallest absolute Gasteiger partial charge is 0.335 e. The van der Waals surface area contributed by atoms with E-state index < -0.39 is 5.97 Å². The number of aromatic carboxylic acids is 1. The highest BCUT2D eigenvalue weighted by Gasteiger charge is 2.17. The van der Waals surface area contributed by atoms with Crippen LogP contribution in [0.1, 0.15) is 36.2 Å². The summed E-state index contributed by atoms with van der Waals surface area (Å²) in [5.74, 6) is -0.942. The number of benzene rings is 2. The van der Waals surface area contributed by atoms with Crippen LogP contribution in [0.2, 0.25) is 0 Å². The Labute approximate surface area is 162 Å². The molecule has 0 aromatic heterocycles. The van der Waals surface area contributed by atoms with Crippen molar-refractivity contribution in [1.29, 1.82) is 0 Å². The van der Waals surface area contributed by atoms with Crippen LogP contribution in [0.4, 0.5) is 11.4 Å². The molecule has 0 bridgehead atoms. The molecule has 1 aliphatic rings. The highest BCUT2D eigenvalue weighted by Crippen LogP contribution is 2.24. The fraction of sp³-hybridized carbons (Fsp3) is 0.250. The number of carboxylic acids is 1. The van der Waals surface area contributed by atoms with Crippen LogP contribution in [-0.4, -0.2) is 33.7 Å². The average Bonchev–Trinajstić information content (AvgIpc) is 3.14. The lowest BCUT2D eigenvalue weighted by atomic mass is 10.1. The lowest BCUT2D eigenvalue weighted by molar-refractivity contribution is 0.0697. The lowest BCUT2D eigenvalue weighted by Gasteiger charge is -2.08. The van der Waals surface area contributed by atoms with Crippen molar-refractivity contribution in [2.45, 2.75) is 25.5 Å². The number of hydrazone groups is 1. The largest absolute Gasteiger partial charge is 0.478 e. The van der Waals surface area contributed by atoms with E-state index in [1.54, 1.807) is 36.0 Å².